The van der Waals surface area contributed by atoms with Crippen molar-refractivity contribution in [1.82, 2.24) is 15.2 Å². The van der Waals surface area contributed by atoms with E-state index < -0.39 is 0 Å². The van der Waals surface area contributed by atoms with E-state index in [9.17, 15) is 5.11 Å². The zero-order chi connectivity index (χ0) is 18.1. The van der Waals surface area contributed by atoms with Crippen LogP contribution in [0.3, 0.4) is 0 Å². The fourth-order valence-electron chi connectivity index (χ4n) is 3.28. The molecule has 6 nitrogen and oxygen atoms in total. The minimum atomic E-state index is 0.0728. The van der Waals surface area contributed by atoms with E-state index in [2.05, 4.69) is 27.4 Å². The van der Waals surface area contributed by atoms with Crippen LogP contribution in [-0.2, 0) is 4.74 Å². The summed E-state index contributed by atoms with van der Waals surface area (Å²) in [5.74, 6) is 1.16. The number of benzene rings is 1. The summed E-state index contributed by atoms with van der Waals surface area (Å²) in [6.45, 7) is 3.63. The standard InChI is InChI=1S/C19H19ClN4O2/c1-11-10-26-7-5-16(11)22-19-15-9-21-6-4-13(15)18(23-24-19)14-3-2-12(20)8-17(14)25/h2-4,6,8-9,11,16,25H,5,7,10H2,1H3,(H,22,24)/t11-,16-/m1/s1. The number of pyridine rings is 1. The first-order valence-electron chi connectivity index (χ1n) is 8.57. The van der Waals surface area contributed by atoms with Crippen molar-refractivity contribution in [2.75, 3.05) is 18.5 Å². The van der Waals surface area contributed by atoms with Crippen molar-refractivity contribution in [2.24, 2.45) is 5.92 Å². The summed E-state index contributed by atoms with van der Waals surface area (Å²) in [6.07, 6.45) is 4.40. The Balaban J connectivity index is 1.78. The molecule has 1 aromatic carbocycles. The lowest BCUT2D eigenvalue weighted by molar-refractivity contribution is 0.0537. The second kappa shape index (κ2) is 7.05. The van der Waals surface area contributed by atoms with Crippen LogP contribution in [-0.4, -0.2) is 39.5 Å². The number of anilines is 1. The molecule has 4 rings (SSSR count). The number of phenolic OH excluding ortho intramolecular Hbond substituents is 1. The average molecular weight is 371 g/mol. The van der Waals surface area contributed by atoms with E-state index in [1.807, 2.05) is 6.07 Å². The van der Waals surface area contributed by atoms with Gasteiger partial charge in [0.05, 0.1) is 6.61 Å². The molecule has 0 spiro atoms. The molecule has 0 bridgehead atoms. The average Bonchev–Trinajstić information content (AvgIpc) is 2.64. The van der Waals surface area contributed by atoms with Crippen molar-refractivity contribution in [3.05, 3.63) is 41.7 Å². The van der Waals surface area contributed by atoms with E-state index in [0.29, 0.717) is 28.0 Å². The molecule has 1 fully saturated rings. The van der Waals surface area contributed by atoms with Gasteiger partial charge in [-0.2, -0.15) is 0 Å². The third kappa shape index (κ3) is 3.18. The van der Waals surface area contributed by atoms with E-state index in [0.717, 1.165) is 30.4 Å². The normalized spacial score (nSPS) is 20.2. The number of nitrogens with zero attached hydrogens (tertiary/aromatic N) is 3. The predicted octanol–water partition coefficient (Wildman–Crippen LogP) is 3.89. The van der Waals surface area contributed by atoms with Gasteiger partial charge in [0.15, 0.2) is 5.82 Å². The molecule has 1 aliphatic heterocycles. The minimum absolute atomic E-state index is 0.0728. The first-order chi connectivity index (χ1) is 12.6. The molecule has 1 aliphatic rings. The molecule has 7 heteroatoms. The van der Waals surface area contributed by atoms with Crippen molar-refractivity contribution >= 4 is 28.2 Å². The summed E-state index contributed by atoms with van der Waals surface area (Å²) in [5, 5.41) is 24.7. The molecular weight excluding hydrogens is 352 g/mol. The topological polar surface area (TPSA) is 80.2 Å². The van der Waals surface area contributed by atoms with E-state index in [1.165, 1.54) is 6.07 Å². The molecule has 0 amide bonds. The van der Waals surface area contributed by atoms with Crippen LogP contribution < -0.4 is 5.32 Å². The van der Waals surface area contributed by atoms with E-state index in [-0.39, 0.29) is 11.8 Å². The van der Waals surface area contributed by atoms with E-state index in [1.54, 1.807) is 24.5 Å². The maximum atomic E-state index is 10.3. The van der Waals surface area contributed by atoms with Gasteiger partial charge in [-0.15, -0.1) is 10.2 Å². The molecule has 3 heterocycles. The van der Waals surface area contributed by atoms with Gasteiger partial charge >= 0.3 is 0 Å². The molecule has 0 unspecified atom stereocenters. The lowest BCUT2D eigenvalue weighted by Gasteiger charge is -2.30. The molecule has 3 aromatic rings. The summed E-state index contributed by atoms with van der Waals surface area (Å²) in [4.78, 5) is 4.24. The van der Waals surface area contributed by atoms with Crippen molar-refractivity contribution in [3.63, 3.8) is 0 Å². The molecule has 2 atom stereocenters. The second-order valence-corrected chi connectivity index (χ2v) is 7.01. The number of rotatable bonds is 3. The smallest absolute Gasteiger partial charge is 0.158 e. The van der Waals surface area contributed by atoms with Gasteiger partial charge in [-0.25, -0.2) is 0 Å². The number of hydrogen-bond donors (Lipinski definition) is 2. The fraction of sp³-hybridized carbons (Fsp3) is 0.316. The number of aromatic nitrogens is 3. The Hall–Kier alpha value is -2.44. The molecule has 1 saturated heterocycles. The van der Waals surface area contributed by atoms with Gasteiger partial charge in [0.1, 0.15) is 11.4 Å². The number of fused-ring (bicyclic) bond motifs is 1. The van der Waals surface area contributed by atoms with Gasteiger partial charge in [-0.05, 0) is 36.6 Å². The van der Waals surface area contributed by atoms with Crippen molar-refractivity contribution < 1.29 is 9.84 Å². The van der Waals surface area contributed by atoms with E-state index >= 15 is 0 Å². The monoisotopic (exact) mass is 370 g/mol. The Kier molecular flexibility index (Phi) is 4.61. The maximum Gasteiger partial charge on any atom is 0.158 e. The van der Waals surface area contributed by atoms with Crippen LogP contribution in [0.2, 0.25) is 5.02 Å². The molecule has 2 aromatic heterocycles. The van der Waals surface area contributed by atoms with Gasteiger partial charge in [0.2, 0.25) is 0 Å². The van der Waals surface area contributed by atoms with Gasteiger partial charge in [0, 0.05) is 46.4 Å². The van der Waals surface area contributed by atoms with Gasteiger partial charge in [0.25, 0.3) is 0 Å². The molecule has 0 aliphatic carbocycles. The van der Waals surface area contributed by atoms with Gasteiger partial charge < -0.3 is 15.2 Å². The van der Waals surface area contributed by atoms with Crippen LogP contribution in [0.25, 0.3) is 22.0 Å². The maximum absolute atomic E-state index is 10.3. The van der Waals surface area contributed by atoms with Crippen LogP contribution in [0.15, 0.2) is 36.7 Å². The van der Waals surface area contributed by atoms with Crippen LogP contribution in [0.1, 0.15) is 13.3 Å². The van der Waals surface area contributed by atoms with Crippen LogP contribution in [0.5, 0.6) is 5.75 Å². The molecular formula is C19H19ClN4O2. The first kappa shape index (κ1) is 17.0. The highest BCUT2D eigenvalue weighted by Crippen LogP contribution is 2.36. The highest BCUT2D eigenvalue weighted by Gasteiger charge is 2.23. The highest BCUT2D eigenvalue weighted by atomic mass is 35.5. The SMILES string of the molecule is C[C@@H]1COCC[C@H]1Nc1nnc(-c2ccc(Cl)cc2O)c2ccncc12. The Labute approximate surface area is 156 Å². The third-order valence-corrected chi connectivity index (χ3v) is 4.99. The fourth-order valence-corrected chi connectivity index (χ4v) is 3.44. The number of nitrogens with one attached hydrogen (secondary N) is 1. The highest BCUT2D eigenvalue weighted by molar-refractivity contribution is 6.30. The van der Waals surface area contributed by atoms with Crippen molar-refractivity contribution in [2.45, 2.75) is 19.4 Å². The van der Waals surface area contributed by atoms with Crippen LogP contribution in [0, 0.1) is 5.92 Å². The summed E-state index contributed by atoms with van der Waals surface area (Å²) in [6, 6.07) is 7.13. The number of hydrogen-bond acceptors (Lipinski definition) is 6. The zero-order valence-electron chi connectivity index (χ0n) is 14.3. The summed E-state index contributed by atoms with van der Waals surface area (Å²) < 4.78 is 5.51. The molecule has 0 saturated carbocycles. The quantitative estimate of drug-likeness (QED) is 0.728. The zero-order valence-corrected chi connectivity index (χ0v) is 15.1. The van der Waals surface area contributed by atoms with Gasteiger partial charge in [-0.3, -0.25) is 4.98 Å². The Morgan fingerprint density at radius 2 is 2.12 bits per heavy atom. The van der Waals surface area contributed by atoms with Crippen LogP contribution in [0.4, 0.5) is 5.82 Å². The number of phenols is 1. The Morgan fingerprint density at radius 1 is 1.23 bits per heavy atom. The van der Waals surface area contributed by atoms with Crippen LogP contribution >= 0.6 is 11.6 Å². The Bertz CT molecular complexity index is 950. The number of halogens is 1. The number of aromatic hydroxyl groups is 1. The lowest BCUT2D eigenvalue weighted by Crippen LogP contribution is -2.36. The third-order valence-electron chi connectivity index (χ3n) is 4.76. The minimum Gasteiger partial charge on any atom is -0.507 e. The largest absolute Gasteiger partial charge is 0.507 e. The lowest BCUT2D eigenvalue weighted by atomic mass is 9.97. The molecule has 0 radical (unpaired) electrons. The van der Waals surface area contributed by atoms with Crippen molar-refractivity contribution in [1.29, 1.82) is 0 Å². The predicted molar refractivity (Wildman–Crippen MR) is 101 cm³/mol. The molecule has 26 heavy (non-hydrogen) atoms. The second-order valence-electron chi connectivity index (χ2n) is 6.57. The first-order valence-corrected chi connectivity index (χ1v) is 8.95. The van der Waals surface area contributed by atoms with E-state index in [4.69, 9.17) is 16.3 Å². The summed E-state index contributed by atoms with van der Waals surface area (Å²) in [5.41, 5.74) is 1.19. The molecule has 2 N–H and O–H groups in total. The summed E-state index contributed by atoms with van der Waals surface area (Å²) in [7, 11) is 0. The molecule has 134 valence electrons. The van der Waals surface area contributed by atoms with Crippen molar-refractivity contribution in [3.8, 4) is 17.0 Å². The number of ether oxygens (including phenoxy) is 1. The Morgan fingerprint density at radius 3 is 2.92 bits per heavy atom. The van der Waals surface area contributed by atoms with Gasteiger partial charge in [-0.1, -0.05) is 18.5 Å². The summed E-state index contributed by atoms with van der Waals surface area (Å²) >= 11 is 5.94.